The zero-order valence-electron chi connectivity index (χ0n) is 16.4. The SMILES string of the molecule is O=C(COC(=O)c1cccc(N2C(=O)[C@@H]3[C@@H](C2=O)[C@H]2C=C[C@@H]3C2)c1)c1ccc(F)cc1. The number of Topliss-reactive ketones (excluding diaryl/α,β-unsaturated/α-hetero) is 1. The molecule has 31 heavy (non-hydrogen) atoms. The van der Waals surface area contributed by atoms with E-state index in [1.807, 2.05) is 12.2 Å². The third-order valence-electron chi connectivity index (χ3n) is 6.31. The van der Waals surface area contributed by atoms with Crippen LogP contribution in [0, 0.1) is 29.5 Å². The average Bonchev–Trinajstić information content (AvgIpc) is 3.46. The van der Waals surface area contributed by atoms with Gasteiger partial charge in [0.2, 0.25) is 11.8 Å². The van der Waals surface area contributed by atoms with Crippen molar-refractivity contribution in [1.29, 1.82) is 0 Å². The van der Waals surface area contributed by atoms with Gasteiger partial charge in [-0.2, -0.15) is 0 Å². The average molecular weight is 419 g/mol. The largest absolute Gasteiger partial charge is 0.454 e. The van der Waals surface area contributed by atoms with Crippen LogP contribution in [-0.2, 0) is 14.3 Å². The van der Waals surface area contributed by atoms with E-state index in [0.29, 0.717) is 5.69 Å². The number of rotatable bonds is 5. The summed E-state index contributed by atoms with van der Waals surface area (Å²) in [6, 6.07) is 11.0. The zero-order chi connectivity index (χ0) is 21.7. The van der Waals surface area contributed by atoms with E-state index in [2.05, 4.69) is 0 Å². The Hall–Kier alpha value is -3.61. The van der Waals surface area contributed by atoms with Gasteiger partial charge in [-0.15, -0.1) is 0 Å². The number of hydrogen-bond donors (Lipinski definition) is 0. The summed E-state index contributed by atoms with van der Waals surface area (Å²) in [7, 11) is 0. The number of nitrogens with zero attached hydrogens (tertiary/aromatic N) is 1. The molecule has 7 heteroatoms. The predicted molar refractivity (Wildman–Crippen MR) is 108 cm³/mol. The van der Waals surface area contributed by atoms with Gasteiger partial charge in [0.25, 0.3) is 0 Å². The summed E-state index contributed by atoms with van der Waals surface area (Å²) < 4.78 is 18.1. The molecule has 156 valence electrons. The number of benzene rings is 2. The highest BCUT2D eigenvalue weighted by molar-refractivity contribution is 6.23. The lowest BCUT2D eigenvalue weighted by atomic mass is 9.85. The highest BCUT2D eigenvalue weighted by Crippen LogP contribution is 2.53. The number of esters is 1. The van der Waals surface area contributed by atoms with Gasteiger partial charge >= 0.3 is 5.97 Å². The highest BCUT2D eigenvalue weighted by Gasteiger charge is 2.59. The lowest BCUT2D eigenvalue weighted by Crippen LogP contribution is -2.33. The van der Waals surface area contributed by atoms with E-state index in [-0.39, 0.29) is 46.6 Å². The summed E-state index contributed by atoms with van der Waals surface area (Å²) in [6.45, 7) is -0.505. The molecule has 2 amide bonds. The molecular formula is C24H18FNO5. The Bertz CT molecular complexity index is 1110. The molecule has 2 fully saturated rings. The van der Waals surface area contributed by atoms with Crippen LogP contribution in [-0.4, -0.2) is 30.2 Å². The summed E-state index contributed by atoms with van der Waals surface area (Å²) in [4.78, 5) is 51.6. The maximum atomic E-state index is 13.0. The summed E-state index contributed by atoms with van der Waals surface area (Å²) in [5.74, 6) is -2.61. The molecule has 0 N–H and O–H groups in total. The fourth-order valence-electron chi connectivity index (χ4n) is 4.86. The molecule has 0 unspecified atom stereocenters. The van der Waals surface area contributed by atoms with E-state index in [1.165, 1.54) is 29.2 Å². The highest BCUT2D eigenvalue weighted by atomic mass is 19.1. The lowest BCUT2D eigenvalue weighted by Gasteiger charge is -2.18. The van der Waals surface area contributed by atoms with Crippen LogP contribution in [0.25, 0.3) is 0 Å². The van der Waals surface area contributed by atoms with Crippen LogP contribution >= 0.6 is 0 Å². The third-order valence-corrected chi connectivity index (χ3v) is 6.31. The van der Waals surface area contributed by atoms with Crippen LogP contribution < -0.4 is 4.90 Å². The molecule has 1 aliphatic heterocycles. The number of hydrogen-bond acceptors (Lipinski definition) is 5. The summed E-state index contributed by atoms with van der Waals surface area (Å²) in [5.41, 5.74) is 0.678. The molecule has 2 aromatic carbocycles. The Labute approximate surface area is 177 Å². The molecule has 0 spiro atoms. The number of ether oxygens (including phenoxy) is 1. The van der Waals surface area contributed by atoms with Crippen molar-refractivity contribution < 1.29 is 28.3 Å². The minimum Gasteiger partial charge on any atom is -0.454 e. The van der Waals surface area contributed by atoms with Crippen LogP contribution in [0.3, 0.4) is 0 Å². The van der Waals surface area contributed by atoms with Crippen LogP contribution in [0.2, 0.25) is 0 Å². The Balaban J connectivity index is 1.30. The number of ketones is 1. The van der Waals surface area contributed by atoms with Crippen LogP contribution in [0.15, 0.2) is 60.7 Å². The molecule has 2 aromatic rings. The molecule has 1 heterocycles. The van der Waals surface area contributed by atoms with E-state index >= 15 is 0 Å². The van der Waals surface area contributed by atoms with Gasteiger partial charge in [-0.05, 0) is 60.7 Å². The third kappa shape index (κ3) is 3.17. The molecule has 1 saturated heterocycles. The Kier molecular flexibility index (Phi) is 4.54. The van der Waals surface area contributed by atoms with Gasteiger partial charge in [-0.3, -0.25) is 14.4 Å². The van der Waals surface area contributed by atoms with Gasteiger partial charge in [-0.25, -0.2) is 14.1 Å². The number of carbonyl (C=O) groups excluding carboxylic acids is 4. The van der Waals surface area contributed by atoms with Gasteiger partial charge < -0.3 is 4.74 Å². The lowest BCUT2D eigenvalue weighted by molar-refractivity contribution is -0.123. The maximum Gasteiger partial charge on any atom is 0.338 e. The normalized spacial score (nSPS) is 25.8. The first-order valence-corrected chi connectivity index (χ1v) is 10.1. The number of halogens is 1. The van der Waals surface area contributed by atoms with Crippen molar-refractivity contribution >= 4 is 29.3 Å². The summed E-state index contributed by atoms with van der Waals surface area (Å²) in [6.07, 6.45) is 4.88. The second-order valence-corrected chi connectivity index (χ2v) is 8.07. The van der Waals surface area contributed by atoms with Gasteiger partial charge in [0.05, 0.1) is 23.1 Å². The van der Waals surface area contributed by atoms with Crippen molar-refractivity contribution in [3.63, 3.8) is 0 Å². The Morgan fingerprint density at radius 3 is 2.23 bits per heavy atom. The molecule has 4 atom stereocenters. The van der Waals surface area contributed by atoms with Crippen molar-refractivity contribution in [2.75, 3.05) is 11.5 Å². The van der Waals surface area contributed by atoms with Crippen LogP contribution in [0.5, 0.6) is 0 Å². The molecule has 5 rings (SSSR count). The first-order chi connectivity index (χ1) is 14.9. The zero-order valence-corrected chi connectivity index (χ0v) is 16.4. The van der Waals surface area contributed by atoms with Gasteiger partial charge in [0.15, 0.2) is 12.4 Å². The van der Waals surface area contributed by atoms with Gasteiger partial charge in [-0.1, -0.05) is 18.2 Å². The smallest absolute Gasteiger partial charge is 0.338 e. The topological polar surface area (TPSA) is 80.8 Å². The van der Waals surface area contributed by atoms with Crippen molar-refractivity contribution in [3.8, 4) is 0 Å². The first kappa shape index (κ1) is 19.4. The Morgan fingerprint density at radius 1 is 0.935 bits per heavy atom. The molecule has 0 radical (unpaired) electrons. The number of fused-ring (bicyclic) bond motifs is 5. The maximum absolute atomic E-state index is 13.0. The molecular weight excluding hydrogens is 401 g/mol. The molecule has 2 bridgehead atoms. The van der Waals surface area contributed by atoms with E-state index in [0.717, 1.165) is 18.6 Å². The van der Waals surface area contributed by atoms with E-state index in [9.17, 15) is 23.6 Å². The number of imide groups is 1. The number of amides is 2. The number of allylic oxidation sites excluding steroid dienone is 2. The van der Waals surface area contributed by atoms with Crippen molar-refractivity contribution in [1.82, 2.24) is 0 Å². The number of anilines is 1. The number of carbonyl (C=O) groups is 4. The first-order valence-electron chi connectivity index (χ1n) is 10.1. The van der Waals surface area contributed by atoms with E-state index < -0.39 is 24.2 Å². The Morgan fingerprint density at radius 2 is 1.58 bits per heavy atom. The van der Waals surface area contributed by atoms with E-state index in [1.54, 1.807) is 12.1 Å². The molecule has 0 aromatic heterocycles. The predicted octanol–water partition coefficient (Wildman–Crippen LogP) is 3.18. The molecule has 3 aliphatic rings. The summed E-state index contributed by atoms with van der Waals surface area (Å²) >= 11 is 0. The monoisotopic (exact) mass is 419 g/mol. The fraction of sp³-hybridized carbons (Fsp3) is 0.250. The van der Waals surface area contributed by atoms with Crippen LogP contribution in [0.1, 0.15) is 27.1 Å². The molecule has 1 saturated carbocycles. The second-order valence-electron chi connectivity index (χ2n) is 8.07. The minimum atomic E-state index is -0.752. The second kappa shape index (κ2) is 7.27. The van der Waals surface area contributed by atoms with Crippen molar-refractivity contribution in [2.24, 2.45) is 23.7 Å². The minimum absolute atomic E-state index is 0.0991. The van der Waals surface area contributed by atoms with Gasteiger partial charge in [0, 0.05) is 5.56 Å². The molecule has 6 nitrogen and oxygen atoms in total. The van der Waals surface area contributed by atoms with Crippen LogP contribution in [0.4, 0.5) is 10.1 Å². The quantitative estimate of drug-likeness (QED) is 0.322. The summed E-state index contributed by atoms with van der Waals surface area (Å²) in [5, 5.41) is 0. The molecule has 2 aliphatic carbocycles. The standard InChI is InChI=1S/C24H18FNO5/c25-17-8-6-13(7-9-17)19(27)12-31-24(30)16-2-1-3-18(11-16)26-22(28)20-14-4-5-15(10-14)21(20)23(26)29/h1-9,11,14-15,20-21H,10,12H2/t14-,15+,20-,21-/m0/s1. The van der Waals surface area contributed by atoms with Crippen molar-refractivity contribution in [2.45, 2.75) is 6.42 Å². The van der Waals surface area contributed by atoms with Gasteiger partial charge in [0.1, 0.15) is 5.82 Å². The van der Waals surface area contributed by atoms with E-state index in [4.69, 9.17) is 4.74 Å². The van der Waals surface area contributed by atoms with Crippen molar-refractivity contribution in [3.05, 3.63) is 77.6 Å². The fourth-order valence-corrected chi connectivity index (χ4v) is 4.86.